The number of rotatable bonds is 6. The maximum atomic E-state index is 10.8. The molecule has 1 aliphatic carbocycles. The molecule has 0 unspecified atom stereocenters. The van der Waals surface area contributed by atoms with Gasteiger partial charge in [-0.25, -0.2) is 4.79 Å². The van der Waals surface area contributed by atoms with Gasteiger partial charge in [0.15, 0.2) is 0 Å². The molecule has 0 heterocycles. The van der Waals surface area contributed by atoms with Crippen molar-refractivity contribution in [3.05, 3.63) is 23.8 Å². The highest BCUT2D eigenvalue weighted by Gasteiger charge is 2.19. The van der Waals surface area contributed by atoms with Gasteiger partial charge in [-0.2, -0.15) is 0 Å². The van der Waals surface area contributed by atoms with Crippen LogP contribution < -0.4 is 11.1 Å². The summed E-state index contributed by atoms with van der Waals surface area (Å²) in [6, 6.07) is 4.74. The van der Waals surface area contributed by atoms with Gasteiger partial charge < -0.3 is 16.2 Å². The van der Waals surface area contributed by atoms with E-state index in [0.29, 0.717) is 5.69 Å². The summed E-state index contributed by atoms with van der Waals surface area (Å²) in [4.78, 5) is 10.8. The molecular formula is C13H18N2O2. The van der Waals surface area contributed by atoms with Gasteiger partial charge in [-0.05, 0) is 37.0 Å². The predicted octanol–water partition coefficient (Wildman–Crippen LogP) is 2.57. The number of carbonyl (C=O) groups is 1. The minimum atomic E-state index is -0.925. The molecule has 17 heavy (non-hydrogen) atoms. The van der Waals surface area contributed by atoms with Gasteiger partial charge in [-0.1, -0.05) is 12.8 Å². The second-order valence-electron chi connectivity index (χ2n) is 4.62. The van der Waals surface area contributed by atoms with Crippen molar-refractivity contribution in [2.75, 3.05) is 17.6 Å². The topological polar surface area (TPSA) is 75.4 Å². The molecule has 4 nitrogen and oxygen atoms in total. The maximum absolute atomic E-state index is 10.8. The molecule has 0 radical (unpaired) electrons. The third-order valence-corrected chi connectivity index (χ3v) is 3.10. The minimum absolute atomic E-state index is 0.267. The third-order valence-electron chi connectivity index (χ3n) is 3.10. The number of hydrogen-bond donors (Lipinski definition) is 3. The van der Waals surface area contributed by atoms with E-state index in [0.717, 1.165) is 24.6 Å². The van der Waals surface area contributed by atoms with Crippen molar-refractivity contribution in [1.29, 1.82) is 0 Å². The van der Waals surface area contributed by atoms with Crippen LogP contribution in [0.4, 0.5) is 11.4 Å². The SMILES string of the molecule is Nc1ccc(C(=O)O)cc1NCCCC1CC1. The Morgan fingerprint density at radius 2 is 2.24 bits per heavy atom. The lowest BCUT2D eigenvalue weighted by Crippen LogP contribution is -2.06. The number of aromatic carboxylic acids is 1. The first-order valence-corrected chi connectivity index (χ1v) is 6.03. The monoisotopic (exact) mass is 234 g/mol. The summed E-state index contributed by atoms with van der Waals surface area (Å²) >= 11 is 0. The molecule has 0 spiro atoms. The van der Waals surface area contributed by atoms with Gasteiger partial charge in [0.1, 0.15) is 0 Å². The molecular weight excluding hydrogens is 216 g/mol. The van der Waals surface area contributed by atoms with Crippen molar-refractivity contribution in [3.63, 3.8) is 0 Å². The first-order chi connectivity index (χ1) is 8.16. The Bertz CT molecular complexity index is 414. The highest BCUT2D eigenvalue weighted by atomic mass is 16.4. The van der Waals surface area contributed by atoms with Crippen LogP contribution >= 0.6 is 0 Å². The highest BCUT2D eigenvalue weighted by Crippen LogP contribution is 2.33. The lowest BCUT2D eigenvalue weighted by molar-refractivity contribution is 0.0697. The van der Waals surface area contributed by atoms with Crippen LogP contribution in [0.3, 0.4) is 0 Å². The van der Waals surface area contributed by atoms with Crippen LogP contribution in [0.2, 0.25) is 0 Å². The molecule has 0 amide bonds. The van der Waals surface area contributed by atoms with Crippen LogP contribution in [0.15, 0.2) is 18.2 Å². The van der Waals surface area contributed by atoms with E-state index in [1.54, 1.807) is 12.1 Å². The fourth-order valence-corrected chi connectivity index (χ4v) is 1.86. The lowest BCUT2D eigenvalue weighted by Gasteiger charge is -2.09. The quantitative estimate of drug-likeness (QED) is 0.522. The van der Waals surface area contributed by atoms with Gasteiger partial charge >= 0.3 is 5.97 Å². The molecule has 2 rings (SSSR count). The van der Waals surface area contributed by atoms with E-state index in [2.05, 4.69) is 5.32 Å². The molecule has 0 aromatic heterocycles. The third kappa shape index (κ3) is 3.37. The van der Waals surface area contributed by atoms with Crippen LogP contribution in [0.5, 0.6) is 0 Å². The largest absolute Gasteiger partial charge is 0.478 e. The molecule has 1 aromatic carbocycles. The first kappa shape index (κ1) is 11.8. The fraction of sp³-hybridized carbons (Fsp3) is 0.462. The molecule has 4 N–H and O–H groups in total. The molecule has 0 atom stereocenters. The van der Waals surface area contributed by atoms with E-state index < -0.39 is 5.97 Å². The molecule has 0 aliphatic heterocycles. The number of benzene rings is 1. The van der Waals surface area contributed by atoms with Crippen molar-refractivity contribution >= 4 is 17.3 Å². The number of carboxylic acid groups (broad SMARTS) is 1. The van der Waals surface area contributed by atoms with Crippen LogP contribution in [0.1, 0.15) is 36.0 Å². The van der Waals surface area contributed by atoms with E-state index in [9.17, 15) is 4.79 Å². The smallest absolute Gasteiger partial charge is 0.335 e. The predicted molar refractivity (Wildman–Crippen MR) is 68.3 cm³/mol. The van der Waals surface area contributed by atoms with Gasteiger partial charge in [-0.15, -0.1) is 0 Å². The number of nitrogen functional groups attached to an aromatic ring is 1. The van der Waals surface area contributed by atoms with Crippen LogP contribution in [0, 0.1) is 5.92 Å². The zero-order chi connectivity index (χ0) is 12.3. The lowest BCUT2D eigenvalue weighted by atomic mass is 10.1. The summed E-state index contributed by atoms with van der Waals surface area (Å²) in [6.07, 6.45) is 5.11. The Morgan fingerprint density at radius 1 is 1.47 bits per heavy atom. The van der Waals surface area contributed by atoms with Crippen LogP contribution in [0.25, 0.3) is 0 Å². The maximum Gasteiger partial charge on any atom is 0.335 e. The second kappa shape index (κ2) is 5.08. The van der Waals surface area contributed by atoms with E-state index in [-0.39, 0.29) is 5.56 Å². The van der Waals surface area contributed by atoms with E-state index in [1.165, 1.54) is 25.3 Å². The second-order valence-corrected chi connectivity index (χ2v) is 4.62. The van der Waals surface area contributed by atoms with Gasteiger partial charge in [-0.3, -0.25) is 0 Å². The summed E-state index contributed by atoms with van der Waals surface area (Å²) in [5.74, 6) is 0.00512. The summed E-state index contributed by atoms with van der Waals surface area (Å²) < 4.78 is 0. The summed E-state index contributed by atoms with van der Waals surface area (Å²) in [6.45, 7) is 0.851. The normalized spacial score (nSPS) is 14.6. The van der Waals surface area contributed by atoms with E-state index in [4.69, 9.17) is 10.8 Å². The minimum Gasteiger partial charge on any atom is -0.478 e. The Morgan fingerprint density at radius 3 is 2.88 bits per heavy atom. The Kier molecular flexibility index (Phi) is 3.52. The van der Waals surface area contributed by atoms with Gasteiger partial charge in [0.25, 0.3) is 0 Å². The highest BCUT2D eigenvalue weighted by molar-refractivity contribution is 5.90. The van der Waals surface area contributed by atoms with Crippen molar-refractivity contribution in [1.82, 2.24) is 0 Å². The van der Waals surface area contributed by atoms with Crippen molar-refractivity contribution < 1.29 is 9.90 Å². The zero-order valence-electron chi connectivity index (χ0n) is 9.78. The zero-order valence-corrected chi connectivity index (χ0v) is 9.78. The Hall–Kier alpha value is -1.71. The average molecular weight is 234 g/mol. The molecule has 0 saturated heterocycles. The van der Waals surface area contributed by atoms with Crippen LogP contribution in [-0.4, -0.2) is 17.6 Å². The molecule has 1 aliphatic rings. The summed E-state index contributed by atoms with van der Waals surface area (Å²) in [5, 5.41) is 12.1. The van der Waals surface area contributed by atoms with E-state index >= 15 is 0 Å². The number of nitrogens with one attached hydrogen (secondary N) is 1. The molecule has 1 fully saturated rings. The number of nitrogens with two attached hydrogens (primary N) is 1. The standard InChI is InChI=1S/C13H18N2O2/c14-11-6-5-10(13(16)17)8-12(11)15-7-1-2-9-3-4-9/h5-6,8-9,15H,1-4,7,14H2,(H,16,17). The fourth-order valence-electron chi connectivity index (χ4n) is 1.86. The van der Waals surface area contributed by atoms with E-state index in [1.807, 2.05) is 0 Å². The van der Waals surface area contributed by atoms with Crippen molar-refractivity contribution in [2.24, 2.45) is 5.92 Å². The summed E-state index contributed by atoms with van der Waals surface area (Å²) in [5.41, 5.74) is 7.38. The van der Waals surface area contributed by atoms with Gasteiger partial charge in [0.2, 0.25) is 0 Å². The average Bonchev–Trinajstić information content (AvgIpc) is 3.10. The number of carboxylic acids is 1. The molecule has 1 saturated carbocycles. The van der Waals surface area contributed by atoms with Gasteiger partial charge in [0, 0.05) is 6.54 Å². The molecule has 0 bridgehead atoms. The van der Waals surface area contributed by atoms with Crippen molar-refractivity contribution in [3.8, 4) is 0 Å². The molecule has 1 aromatic rings. The van der Waals surface area contributed by atoms with Gasteiger partial charge in [0.05, 0.1) is 16.9 Å². The summed E-state index contributed by atoms with van der Waals surface area (Å²) in [7, 11) is 0. The Balaban J connectivity index is 1.88. The van der Waals surface area contributed by atoms with Crippen LogP contribution in [-0.2, 0) is 0 Å². The number of hydrogen-bond acceptors (Lipinski definition) is 3. The Labute approximate surface area is 101 Å². The molecule has 92 valence electrons. The van der Waals surface area contributed by atoms with Crippen molar-refractivity contribution in [2.45, 2.75) is 25.7 Å². The first-order valence-electron chi connectivity index (χ1n) is 6.03. The number of anilines is 2. The molecule has 4 heteroatoms.